The molecule has 2 aromatic carbocycles. The summed E-state index contributed by atoms with van der Waals surface area (Å²) in [6.45, 7) is 5.65. The number of halogens is 4. The van der Waals surface area contributed by atoms with E-state index in [1.807, 2.05) is 0 Å². The zero-order valence-electron chi connectivity index (χ0n) is 21.3. The van der Waals surface area contributed by atoms with Crippen LogP contribution in [0.2, 0.25) is 5.02 Å². The minimum absolute atomic E-state index is 0. The van der Waals surface area contributed by atoms with Gasteiger partial charge in [-0.1, -0.05) is 43.5 Å². The van der Waals surface area contributed by atoms with Crippen LogP contribution < -0.4 is 0 Å². The Labute approximate surface area is 270 Å². The van der Waals surface area contributed by atoms with E-state index in [2.05, 4.69) is 31.9 Å². The Morgan fingerprint density at radius 2 is 1.18 bits per heavy atom. The van der Waals surface area contributed by atoms with Crippen molar-refractivity contribution in [3.63, 3.8) is 0 Å². The number of aryl methyl sites for hydroxylation is 2. The van der Waals surface area contributed by atoms with E-state index in [1.54, 1.807) is 44.2 Å². The number of benzene rings is 2. The topological polar surface area (TPSA) is 187 Å². The van der Waals surface area contributed by atoms with Crippen LogP contribution in [0.5, 0.6) is 0 Å². The van der Waals surface area contributed by atoms with Crippen molar-refractivity contribution < 1.29 is 69.6 Å². The van der Waals surface area contributed by atoms with Gasteiger partial charge >= 0.3 is 11.9 Å². The number of carboxylic acid groups (broad SMARTS) is 4. The van der Waals surface area contributed by atoms with Crippen molar-refractivity contribution in [2.45, 2.75) is 40.5 Å². The van der Waals surface area contributed by atoms with Gasteiger partial charge in [-0.05, 0) is 55.3 Å². The SMILES string of the molecule is CC(=O)O.CC(=O)O.Cc1cc(Br)cc(Cl)c1C(=O)O.Cc1cc(Br)ccc1C(=O)O.O=C1CCC(=O)N1Cl.[Pd]. The molecule has 0 unspecified atom stereocenters. The summed E-state index contributed by atoms with van der Waals surface area (Å²) in [5.41, 5.74) is 1.95. The first-order valence-corrected chi connectivity index (χ1v) is 12.7. The van der Waals surface area contributed by atoms with Gasteiger partial charge in [0.25, 0.3) is 11.9 Å². The molecular formula is C24H25Br2Cl2NO10Pd. The predicted octanol–water partition coefficient (Wildman–Crippen LogP) is 6.03. The van der Waals surface area contributed by atoms with Crippen LogP contribution in [0, 0.1) is 13.8 Å². The first-order chi connectivity index (χ1) is 17.8. The molecule has 0 radical (unpaired) electrons. The molecule has 3 rings (SSSR count). The molecule has 11 nitrogen and oxygen atoms in total. The fourth-order valence-corrected chi connectivity index (χ4v) is 4.09. The van der Waals surface area contributed by atoms with Gasteiger partial charge in [-0.3, -0.25) is 19.2 Å². The number of aliphatic carboxylic acids is 2. The van der Waals surface area contributed by atoms with Gasteiger partial charge in [-0.15, -0.1) is 0 Å². The summed E-state index contributed by atoms with van der Waals surface area (Å²) in [5.74, 6) is -4.13. The molecule has 1 aliphatic heterocycles. The molecule has 0 spiro atoms. The van der Waals surface area contributed by atoms with Crippen LogP contribution in [0.15, 0.2) is 39.3 Å². The minimum atomic E-state index is -0.995. The third-order valence-electron chi connectivity index (χ3n) is 3.88. The fourth-order valence-electron chi connectivity index (χ4n) is 2.39. The Morgan fingerprint density at radius 1 is 0.775 bits per heavy atom. The van der Waals surface area contributed by atoms with Crippen molar-refractivity contribution in [3.05, 3.63) is 66.6 Å². The maximum atomic E-state index is 10.7. The monoisotopic (exact) mass is 821 g/mol. The third-order valence-corrected chi connectivity index (χ3v) is 5.50. The number of hydrogen-bond acceptors (Lipinski definition) is 6. The molecule has 1 heterocycles. The molecular weight excluding hydrogens is 799 g/mol. The van der Waals surface area contributed by atoms with Crippen LogP contribution in [0.3, 0.4) is 0 Å². The van der Waals surface area contributed by atoms with E-state index in [-0.39, 0.29) is 55.7 Å². The number of carboxylic acids is 4. The van der Waals surface area contributed by atoms with Gasteiger partial charge in [-0.2, -0.15) is 4.42 Å². The Morgan fingerprint density at radius 3 is 1.45 bits per heavy atom. The number of imide groups is 1. The quantitative estimate of drug-likeness (QED) is 0.158. The van der Waals surface area contributed by atoms with Crippen LogP contribution in [-0.4, -0.2) is 60.5 Å². The van der Waals surface area contributed by atoms with E-state index < -0.39 is 23.9 Å². The molecule has 0 bridgehead atoms. The van der Waals surface area contributed by atoms with Crippen LogP contribution in [0.4, 0.5) is 0 Å². The van der Waals surface area contributed by atoms with Crippen molar-refractivity contribution in [3.8, 4) is 0 Å². The summed E-state index contributed by atoms with van der Waals surface area (Å²) in [6.07, 6.45) is 0.532. The van der Waals surface area contributed by atoms with Crippen LogP contribution in [0.25, 0.3) is 0 Å². The van der Waals surface area contributed by atoms with Crippen LogP contribution in [-0.2, 0) is 39.6 Å². The number of amides is 2. The standard InChI is InChI=1S/C8H6BrClO2.C8H7BrO2.C4H4ClNO2.2C2H4O2.Pd/c1-4-2-5(9)3-6(10)7(4)8(11)12;1-5-4-6(9)2-3-7(5)8(10)11;5-6-3(7)1-2-4(6)8;2*1-2(3)4;/h2-3H,1H3,(H,11,12);2-4H,1H3,(H,10,11);1-2H2;2*1H3,(H,3,4);. The molecule has 224 valence electrons. The zero-order valence-corrected chi connectivity index (χ0v) is 27.6. The summed E-state index contributed by atoms with van der Waals surface area (Å²) < 4.78 is 2.33. The van der Waals surface area contributed by atoms with E-state index >= 15 is 0 Å². The van der Waals surface area contributed by atoms with E-state index in [4.69, 9.17) is 53.4 Å². The number of carbonyl (C=O) groups excluding carboxylic acids is 2. The normalized spacial score (nSPS) is 10.9. The van der Waals surface area contributed by atoms with E-state index in [0.29, 0.717) is 15.5 Å². The smallest absolute Gasteiger partial charge is 0.337 e. The summed E-state index contributed by atoms with van der Waals surface area (Å²) in [4.78, 5) is 59.9. The maximum Gasteiger partial charge on any atom is 0.337 e. The first-order valence-electron chi connectivity index (χ1n) is 10.4. The molecule has 0 saturated carbocycles. The third kappa shape index (κ3) is 18.9. The minimum Gasteiger partial charge on any atom is -0.481 e. The Hall–Kier alpha value is -2.34. The Balaban J connectivity index is -0.000000453. The molecule has 2 aromatic rings. The average molecular weight is 825 g/mol. The van der Waals surface area contributed by atoms with E-state index in [1.165, 1.54) is 0 Å². The van der Waals surface area contributed by atoms with Gasteiger partial charge in [0.2, 0.25) is 11.8 Å². The predicted molar refractivity (Wildman–Crippen MR) is 150 cm³/mol. The first kappa shape index (κ1) is 42.1. The summed E-state index contributed by atoms with van der Waals surface area (Å²) in [5, 5.41) is 32.5. The summed E-state index contributed by atoms with van der Waals surface area (Å²) in [6, 6.07) is 8.37. The van der Waals surface area contributed by atoms with Gasteiger partial charge in [-0.25, -0.2) is 9.59 Å². The molecule has 1 fully saturated rings. The molecule has 4 N–H and O–H groups in total. The van der Waals surface area contributed by atoms with Gasteiger partial charge in [0.05, 0.1) is 16.1 Å². The van der Waals surface area contributed by atoms with Crippen molar-refractivity contribution in [2.75, 3.05) is 0 Å². The fraction of sp³-hybridized carbons (Fsp3) is 0.250. The number of carbonyl (C=O) groups is 6. The molecule has 0 aromatic heterocycles. The summed E-state index contributed by atoms with van der Waals surface area (Å²) >= 11 is 17.3. The Bertz CT molecular complexity index is 1170. The summed E-state index contributed by atoms with van der Waals surface area (Å²) in [7, 11) is 0. The molecule has 0 aliphatic carbocycles. The molecule has 0 atom stereocenters. The maximum absolute atomic E-state index is 10.7. The number of aromatic carboxylic acids is 2. The van der Waals surface area contributed by atoms with E-state index in [9.17, 15) is 19.2 Å². The van der Waals surface area contributed by atoms with Crippen molar-refractivity contribution in [2.24, 2.45) is 0 Å². The van der Waals surface area contributed by atoms with Crippen molar-refractivity contribution in [1.29, 1.82) is 0 Å². The second-order valence-corrected chi connectivity index (χ2v) is 9.83. The average Bonchev–Trinajstić information content (AvgIpc) is 3.03. The van der Waals surface area contributed by atoms with Gasteiger partial charge in [0.1, 0.15) is 0 Å². The Kier molecular flexibility index (Phi) is 22.6. The molecule has 2 amide bonds. The van der Waals surface area contributed by atoms with Gasteiger partial charge in [0, 0.05) is 67.8 Å². The second-order valence-electron chi connectivity index (χ2n) is 7.26. The second kappa shape index (κ2) is 21.4. The number of nitrogens with zero attached hydrogens (tertiary/aromatic N) is 1. The van der Waals surface area contributed by atoms with Gasteiger partial charge in [0.15, 0.2) is 0 Å². The van der Waals surface area contributed by atoms with Crippen molar-refractivity contribution >= 4 is 90.9 Å². The van der Waals surface area contributed by atoms with E-state index in [0.717, 1.165) is 28.4 Å². The van der Waals surface area contributed by atoms with Gasteiger partial charge < -0.3 is 20.4 Å². The molecule has 1 saturated heterocycles. The van der Waals surface area contributed by atoms with Crippen LogP contribution >= 0.6 is 55.2 Å². The van der Waals surface area contributed by atoms with Crippen molar-refractivity contribution in [1.82, 2.24) is 4.42 Å². The molecule has 16 heteroatoms. The zero-order chi connectivity index (χ0) is 31.0. The molecule has 1 aliphatic rings. The largest absolute Gasteiger partial charge is 0.481 e. The molecule has 40 heavy (non-hydrogen) atoms. The number of rotatable bonds is 2. The number of hydrogen-bond donors (Lipinski definition) is 4. The van der Waals surface area contributed by atoms with Crippen LogP contribution in [0.1, 0.15) is 58.5 Å².